The Kier molecular flexibility index (Phi) is 75.0. The summed E-state index contributed by atoms with van der Waals surface area (Å²) < 4.78 is 21.5. The predicted molar refractivity (Wildman–Crippen MR) is 367 cm³/mol. The van der Waals surface area contributed by atoms with Gasteiger partial charge < -0.3 is 29.2 Å². The van der Waals surface area contributed by atoms with Gasteiger partial charge in [0.05, 0.1) is 26.4 Å². The highest BCUT2D eigenvalue weighted by atomic mass is 16.5. The van der Waals surface area contributed by atoms with Crippen LogP contribution in [-0.2, 0) is 12.8 Å². The van der Waals surface area contributed by atoms with Gasteiger partial charge in [-0.25, -0.2) is 0 Å². The van der Waals surface area contributed by atoms with Gasteiger partial charge in [0.25, 0.3) is 0 Å². The third-order valence-electron chi connectivity index (χ3n) is 9.66. The summed E-state index contributed by atoms with van der Waals surface area (Å²) in [5.74, 6) is 3.35. The van der Waals surface area contributed by atoms with E-state index in [-0.39, 0.29) is 12.2 Å². The van der Waals surface area contributed by atoms with Gasteiger partial charge in [0.2, 0.25) is 0 Å². The van der Waals surface area contributed by atoms with Crippen LogP contribution >= 0.6 is 0 Å². The number of aliphatic hydroxyl groups is 2. The molecule has 0 saturated carbocycles. The van der Waals surface area contributed by atoms with E-state index in [1.54, 1.807) is 14.2 Å². The Balaban J connectivity index is -0.000000222. The predicted octanol–water partition coefficient (Wildman–Crippen LogP) is 22.7. The van der Waals surface area contributed by atoms with Crippen molar-refractivity contribution in [2.45, 2.75) is 202 Å². The SMILES string of the molecule is CC.CC.CC.CC.CC.CC.CC.CCC.CCC.CCCC(O)COc1ccc(Cc2ccc(OC)cc2)cc1.CCCC(O)COc1ccc(Cc2ccc(OC)cc2)cc1.c1ccc(-c2ccccc2)cc1.c1ccccc1. The van der Waals surface area contributed by atoms with Gasteiger partial charge in [-0.3, -0.25) is 0 Å². The smallest absolute Gasteiger partial charge is 0.119 e. The molecule has 7 rings (SSSR count). The van der Waals surface area contributed by atoms with Crippen molar-refractivity contribution in [1.29, 1.82) is 0 Å². The zero-order chi connectivity index (χ0) is 63.5. The molecular weight excluding hydrogens is 1010 g/mol. The molecule has 0 spiro atoms. The summed E-state index contributed by atoms with van der Waals surface area (Å²) in [7, 11) is 3.34. The Morgan fingerprint density at radius 1 is 0.293 bits per heavy atom. The summed E-state index contributed by atoms with van der Waals surface area (Å²) in [4.78, 5) is 0. The van der Waals surface area contributed by atoms with Gasteiger partial charge in [-0.2, -0.15) is 0 Å². The average molecular weight is 1130 g/mol. The molecule has 0 aromatic heterocycles. The number of methoxy groups -OCH3 is 2. The maximum absolute atomic E-state index is 9.67. The first-order valence-electron chi connectivity index (χ1n) is 31.4. The van der Waals surface area contributed by atoms with E-state index in [1.807, 2.05) is 194 Å². The van der Waals surface area contributed by atoms with Gasteiger partial charge in [0.1, 0.15) is 36.2 Å². The molecule has 2 atom stereocenters. The van der Waals surface area contributed by atoms with Gasteiger partial charge in [-0.1, -0.05) is 310 Å². The van der Waals surface area contributed by atoms with Crippen molar-refractivity contribution in [2.75, 3.05) is 27.4 Å². The minimum Gasteiger partial charge on any atom is -0.497 e. The van der Waals surface area contributed by atoms with Gasteiger partial charge in [0, 0.05) is 0 Å². The average Bonchev–Trinajstić information content (AvgIpc) is 3.57. The second-order valence-corrected chi connectivity index (χ2v) is 16.1. The van der Waals surface area contributed by atoms with Gasteiger partial charge >= 0.3 is 0 Å². The first-order chi connectivity index (χ1) is 40.2. The Bertz CT molecular complexity index is 1990. The second kappa shape index (κ2) is 70.8. The van der Waals surface area contributed by atoms with Crippen LogP contribution in [0.3, 0.4) is 0 Å². The number of hydrogen-bond donors (Lipinski definition) is 2. The van der Waals surface area contributed by atoms with E-state index in [0.29, 0.717) is 13.2 Å². The standard InChI is InChI=1S/2C19H24O3.C12H10.C6H6.2C3H8.7C2H6/c2*1-3-4-17(20)14-22-19-11-7-16(8-12-19)13-15-5-9-18(21-2)10-6-15;1-3-7-11(8-4-1)12-9-5-2-6-10-12;1-2-4-6-5-3-1;2*1-3-2;7*1-2/h2*5-12,17,20H,3-4,13-14H2,1-2H3;1-10H;1-6H;2*3H2,1-2H3;7*1-2H3. The zero-order valence-electron chi connectivity index (χ0n) is 56.2. The third-order valence-corrected chi connectivity index (χ3v) is 9.66. The molecule has 6 heteroatoms. The van der Waals surface area contributed by atoms with Crippen LogP contribution in [0.25, 0.3) is 11.1 Å². The molecule has 2 N–H and O–H groups in total. The summed E-state index contributed by atoms with van der Waals surface area (Å²) in [6.45, 7) is 41.3. The zero-order valence-corrected chi connectivity index (χ0v) is 56.2. The molecule has 7 aromatic carbocycles. The Hall–Kier alpha value is -6.34. The molecule has 0 aliphatic rings. The van der Waals surface area contributed by atoms with Crippen molar-refractivity contribution in [2.24, 2.45) is 0 Å². The summed E-state index contributed by atoms with van der Waals surface area (Å²) in [5.41, 5.74) is 7.50. The molecule has 0 saturated heterocycles. The third kappa shape index (κ3) is 50.6. The van der Waals surface area contributed by atoms with E-state index in [4.69, 9.17) is 18.9 Å². The van der Waals surface area contributed by atoms with Crippen LogP contribution in [-0.4, -0.2) is 49.9 Å². The topological polar surface area (TPSA) is 77.4 Å². The molecule has 6 nitrogen and oxygen atoms in total. The minimum atomic E-state index is -0.385. The largest absolute Gasteiger partial charge is 0.497 e. The molecule has 2 unspecified atom stereocenters. The van der Waals surface area contributed by atoms with Crippen molar-refractivity contribution in [3.63, 3.8) is 0 Å². The summed E-state index contributed by atoms with van der Waals surface area (Å²) in [5, 5.41) is 19.3. The van der Waals surface area contributed by atoms with Gasteiger partial charge in [-0.05, 0) is 108 Å². The fourth-order valence-electron chi connectivity index (χ4n) is 6.23. The van der Waals surface area contributed by atoms with Gasteiger partial charge in [0.15, 0.2) is 0 Å². The van der Waals surface area contributed by atoms with E-state index in [2.05, 4.69) is 139 Å². The monoisotopic (exact) mass is 1130 g/mol. The minimum absolute atomic E-state index is 0.353. The number of rotatable bonds is 17. The molecule has 7 aromatic rings. The van der Waals surface area contributed by atoms with Crippen molar-refractivity contribution in [3.05, 3.63) is 216 Å². The highest BCUT2D eigenvalue weighted by Crippen LogP contribution is 2.20. The molecular formula is C76H122O6. The van der Waals surface area contributed by atoms with Crippen LogP contribution in [0.5, 0.6) is 23.0 Å². The molecule has 0 aliphatic heterocycles. The number of ether oxygens (including phenoxy) is 4. The summed E-state index contributed by atoms with van der Waals surface area (Å²) >= 11 is 0. The quantitative estimate of drug-likeness (QED) is 0.0946. The molecule has 0 amide bonds. The maximum Gasteiger partial charge on any atom is 0.119 e. The van der Waals surface area contributed by atoms with E-state index in [1.165, 1.54) is 46.2 Å². The second-order valence-electron chi connectivity index (χ2n) is 16.1. The molecule has 0 radical (unpaired) electrons. The number of hydrogen-bond acceptors (Lipinski definition) is 6. The number of benzene rings is 7. The van der Waals surface area contributed by atoms with Crippen LogP contribution in [0.1, 0.15) is 199 Å². The maximum atomic E-state index is 9.67. The fraction of sp³-hybridized carbons (Fsp3) is 0.447. The van der Waals surface area contributed by atoms with Crippen molar-refractivity contribution in [3.8, 4) is 34.1 Å². The molecule has 0 aliphatic carbocycles. The Morgan fingerprint density at radius 2 is 0.488 bits per heavy atom. The van der Waals surface area contributed by atoms with Crippen molar-refractivity contribution >= 4 is 0 Å². The van der Waals surface area contributed by atoms with Crippen LogP contribution in [0.15, 0.2) is 194 Å². The highest BCUT2D eigenvalue weighted by Gasteiger charge is 2.06. The lowest BCUT2D eigenvalue weighted by atomic mass is 10.0. The lowest BCUT2D eigenvalue weighted by Gasteiger charge is -2.11. The molecule has 0 bridgehead atoms. The Morgan fingerprint density at radius 3 is 0.683 bits per heavy atom. The fourth-order valence-corrected chi connectivity index (χ4v) is 6.23. The van der Waals surface area contributed by atoms with E-state index in [0.717, 1.165) is 61.5 Å². The first-order valence-corrected chi connectivity index (χ1v) is 31.4. The highest BCUT2D eigenvalue weighted by molar-refractivity contribution is 5.62. The lowest BCUT2D eigenvalue weighted by Crippen LogP contribution is -2.16. The first kappa shape index (κ1) is 86.9. The van der Waals surface area contributed by atoms with Crippen molar-refractivity contribution in [1.82, 2.24) is 0 Å². The molecule has 462 valence electrons. The van der Waals surface area contributed by atoms with E-state index < -0.39 is 0 Å². The van der Waals surface area contributed by atoms with Crippen LogP contribution in [0.4, 0.5) is 0 Å². The van der Waals surface area contributed by atoms with Crippen LogP contribution < -0.4 is 18.9 Å². The summed E-state index contributed by atoms with van der Waals surface area (Å²) in [6.07, 6.45) is 6.96. The Labute approximate surface area is 506 Å². The van der Waals surface area contributed by atoms with Crippen LogP contribution in [0.2, 0.25) is 0 Å². The molecule has 0 fully saturated rings. The van der Waals surface area contributed by atoms with Crippen LogP contribution in [0, 0.1) is 0 Å². The number of aliphatic hydroxyl groups excluding tert-OH is 2. The lowest BCUT2D eigenvalue weighted by molar-refractivity contribution is 0.0992. The molecule has 0 heterocycles. The van der Waals surface area contributed by atoms with Gasteiger partial charge in [-0.15, -0.1) is 0 Å². The van der Waals surface area contributed by atoms with Crippen molar-refractivity contribution < 1.29 is 29.2 Å². The van der Waals surface area contributed by atoms with E-state index in [9.17, 15) is 10.2 Å². The van der Waals surface area contributed by atoms with E-state index >= 15 is 0 Å². The molecule has 82 heavy (non-hydrogen) atoms. The summed E-state index contributed by atoms with van der Waals surface area (Å²) in [6, 6.07) is 65.0. The normalized spacial score (nSPS) is 9.37.